The second-order valence-electron chi connectivity index (χ2n) is 6.54. The van der Waals surface area contributed by atoms with Gasteiger partial charge in [0.25, 0.3) is 0 Å². The van der Waals surface area contributed by atoms with Crippen molar-refractivity contribution in [2.24, 2.45) is 0 Å². The number of hydrogen-bond donors (Lipinski definition) is 0. The van der Waals surface area contributed by atoms with Crippen molar-refractivity contribution in [1.82, 2.24) is 9.88 Å². The summed E-state index contributed by atoms with van der Waals surface area (Å²) in [6, 6.07) is 13.0. The number of carbonyl (C=O) groups is 2. The number of hydrogen-bond acceptors (Lipinski definition) is 4. The SMILES string of the molecule is O=C(CCC(=O)N1CCC(OCc2cccnc2)CC1)c1ccccc1. The van der Waals surface area contributed by atoms with Crippen LogP contribution in [0, 0.1) is 0 Å². The first kappa shape index (κ1) is 18.3. The molecule has 0 atom stereocenters. The zero-order valence-corrected chi connectivity index (χ0v) is 14.8. The van der Waals surface area contributed by atoms with E-state index in [4.69, 9.17) is 4.74 Å². The Hall–Kier alpha value is -2.53. The quantitative estimate of drug-likeness (QED) is 0.718. The molecule has 2 aromatic rings. The zero-order chi connectivity index (χ0) is 18.2. The normalized spacial score (nSPS) is 15.0. The van der Waals surface area contributed by atoms with E-state index in [1.807, 2.05) is 41.4 Å². The van der Waals surface area contributed by atoms with Crippen LogP contribution in [0.1, 0.15) is 41.6 Å². The topological polar surface area (TPSA) is 59.5 Å². The standard InChI is InChI=1S/C21H24N2O3/c24-20(18-6-2-1-3-7-18)8-9-21(25)23-13-10-19(11-14-23)26-16-17-5-4-12-22-15-17/h1-7,12,15,19H,8-11,13-14,16H2. The molecule has 0 aliphatic carbocycles. The third kappa shape index (κ3) is 5.23. The van der Waals surface area contributed by atoms with Crippen molar-refractivity contribution < 1.29 is 14.3 Å². The van der Waals surface area contributed by atoms with E-state index in [2.05, 4.69) is 4.98 Å². The monoisotopic (exact) mass is 352 g/mol. The minimum absolute atomic E-state index is 0.0219. The number of pyridine rings is 1. The van der Waals surface area contributed by atoms with Crippen molar-refractivity contribution in [2.75, 3.05) is 13.1 Å². The van der Waals surface area contributed by atoms with Crippen LogP contribution in [-0.4, -0.2) is 40.8 Å². The molecule has 5 nitrogen and oxygen atoms in total. The number of aromatic nitrogens is 1. The Morgan fingerprint density at radius 1 is 1.04 bits per heavy atom. The molecular formula is C21H24N2O3. The van der Waals surface area contributed by atoms with Crippen LogP contribution >= 0.6 is 0 Å². The van der Waals surface area contributed by atoms with Gasteiger partial charge < -0.3 is 9.64 Å². The Kier molecular flexibility index (Phi) is 6.50. The number of ether oxygens (including phenoxy) is 1. The average molecular weight is 352 g/mol. The molecule has 5 heteroatoms. The molecule has 0 bridgehead atoms. The van der Waals surface area contributed by atoms with Gasteiger partial charge in [0.05, 0.1) is 12.7 Å². The summed E-state index contributed by atoms with van der Waals surface area (Å²) >= 11 is 0. The number of nitrogens with zero attached hydrogens (tertiary/aromatic N) is 2. The number of benzene rings is 1. The molecule has 0 radical (unpaired) electrons. The van der Waals surface area contributed by atoms with Gasteiger partial charge in [-0.3, -0.25) is 14.6 Å². The van der Waals surface area contributed by atoms with Crippen molar-refractivity contribution in [3.63, 3.8) is 0 Å². The van der Waals surface area contributed by atoms with Crippen molar-refractivity contribution in [2.45, 2.75) is 38.4 Å². The first-order valence-electron chi connectivity index (χ1n) is 9.09. The Bertz CT molecular complexity index is 711. The summed E-state index contributed by atoms with van der Waals surface area (Å²) in [5.74, 6) is 0.0774. The van der Waals surface area contributed by atoms with Crippen LogP contribution in [-0.2, 0) is 16.1 Å². The molecule has 1 saturated heterocycles. The summed E-state index contributed by atoms with van der Waals surface area (Å²) in [6.07, 6.45) is 5.93. The fourth-order valence-electron chi connectivity index (χ4n) is 3.12. The van der Waals surface area contributed by atoms with E-state index in [9.17, 15) is 9.59 Å². The van der Waals surface area contributed by atoms with Gasteiger partial charge in [-0.15, -0.1) is 0 Å². The lowest BCUT2D eigenvalue weighted by atomic mass is 10.0. The van der Waals surface area contributed by atoms with Gasteiger partial charge in [-0.2, -0.15) is 0 Å². The number of carbonyl (C=O) groups excluding carboxylic acids is 2. The van der Waals surface area contributed by atoms with Gasteiger partial charge >= 0.3 is 0 Å². The predicted molar refractivity (Wildman–Crippen MR) is 98.6 cm³/mol. The molecular weight excluding hydrogens is 328 g/mol. The van der Waals surface area contributed by atoms with Crippen LogP contribution in [0.2, 0.25) is 0 Å². The van der Waals surface area contributed by atoms with E-state index in [0.717, 1.165) is 18.4 Å². The highest BCUT2D eigenvalue weighted by atomic mass is 16.5. The molecule has 0 saturated carbocycles. The number of Topliss-reactive ketones (excluding diaryl/α,β-unsaturated/α-hetero) is 1. The first-order valence-corrected chi connectivity index (χ1v) is 9.09. The van der Waals surface area contributed by atoms with Gasteiger partial charge in [-0.05, 0) is 24.5 Å². The lowest BCUT2D eigenvalue weighted by Crippen LogP contribution is -2.40. The molecule has 2 heterocycles. The predicted octanol–water partition coefficient (Wildman–Crippen LogP) is 3.25. The molecule has 0 spiro atoms. The van der Waals surface area contributed by atoms with Gasteiger partial charge in [-0.1, -0.05) is 36.4 Å². The van der Waals surface area contributed by atoms with Gasteiger partial charge in [0.2, 0.25) is 5.91 Å². The molecule has 0 N–H and O–H groups in total. The number of amides is 1. The summed E-state index contributed by atoms with van der Waals surface area (Å²) in [7, 11) is 0. The first-order chi connectivity index (χ1) is 12.7. The molecule has 26 heavy (non-hydrogen) atoms. The largest absolute Gasteiger partial charge is 0.373 e. The van der Waals surface area contributed by atoms with Gasteiger partial charge in [0.15, 0.2) is 5.78 Å². The highest BCUT2D eigenvalue weighted by molar-refractivity contribution is 5.97. The maximum atomic E-state index is 12.3. The van der Waals surface area contributed by atoms with Crippen LogP contribution in [0.5, 0.6) is 0 Å². The van der Waals surface area contributed by atoms with Gasteiger partial charge in [0, 0.05) is 43.9 Å². The third-order valence-electron chi connectivity index (χ3n) is 4.66. The third-order valence-corrected chi connectivity index (χ3v) is 4.66. The number of likely N-dealkylation sites (tertiary alicyclic amines) is 1. The fourth-order valence-corrected chi connectivity index (χ4v) is 3.12. The van der Waals surface area contributed by atoms with E-state index < -0.39 is 0 Å². The van der Waals surface area contributed by atoms with E-state index >= 15 is 0 Å². The molecule has 1 aliphatic rings. The minimum atomic E-state index is 0.0219. The zero-order valence-electron chi connectivity index (χ0n) is 14.8. The Labute approximate surface area is 154 Å². The highest BCUT2D eigenvalue weighted by Gasteiger charge is 2.23. The maximum Gasteiger partial charge on any atom is 0.223 e. The molecule has 1 aliphatic heterocycles. The fraction of sp³-hybridized carbons (Fsp3) is 0.381. The summed E-state index contributed by atoms with van der Waals surface area (Å²) in [5.41, 5.74) is 1.73. The van der Waals surface area contributed by atoms with Crippen molar-refractivity contribution in [3.05, 3.63) is 66.0 Å². The molecule has 136 valence electrons. The van der Waals surface area contributed by atoms with E-state index in [-0.39, 0.29) is 30.6 Å². The van der Waals surface area contributed by atoms with Gasteiger partial charge in [-0.25, -0.2) is 0 Å². The van der Waals surface area contributed by atoms with Gasteiger partial charge in [0.1, 0.15) is 0 Å². The smallest absolute Gasteiger partial charge is 0.223 e. The van der Waals surface area contributed by atoms with E-state index in [1.165, 1.54) is 0 Å². The van der Waals surface area contributed by atoms with Crippen LogP contribution in [0.4, 0.5) is 0 Å². The van der Waals surface area contributed by atoms with Crippen molar-refractivity contribution in [3.8, 4) is 0 Å². The number of ketones is 1. The van der Waals surface area contributed by atoms with E-state index in [0.29, 0.717) is 25.3 Å². The summed E-state index contributed by atoms with van der Waals surface area (Å²) in [6.45, 7) is 1.93. The summed E-state index contributed by atoms with van der Waals surface area (Å²) in [5, 5.41) is 0. The van der Waals surface area contributed by atoms with Crippen molar-refractivity contribution >= 4 is 11.7 Å². The lowest BCUT2D eigenvalue weighted by Gasteiger charge is -2.32. The molecule has 1 aromatic heterocycles. The molecule has 1 fully saturated rings. The number of piperidine rings is 1. The molecule has 1 aromatic carbocycles. The van der Waals surface area contributed by atoms with Crippen LogP contribution in [0.15, 0.2) is 54.9 Å². The summed E-state index contributed by atoms with van der Waals surface area (Å²) < 4.78 is 5.92. The average Bonchev–Trinajstić information content (AvgIpc) is 2.72. The summed E-state index contributed by atoms with van der Waals surface area (Å²) in [4.78, 5) is 30.4. The van der Waals surface area contributed by atoms with Crippen LogP contribution in [0.25, 0.3) is 0 Å². The Morgan fingerprint density at radius 3 is 2.50 bits per heavy atom. The highest BCUT2D eigenvalue weighted by Crippen LogP contribution is 2.17. The Morgan fingerprint density at radius 2 is 1.81 bits per heavy atom. The second kappa shape index (κ2) is 9.25. The molecule has 1 amide bonds. The van der Waals surface area contributed by atoms with Crippen LogP contribution in [0.3, 0.4) is 0 Å². The molecule has 3 rings (SSSR count). The maximum absolute atomic E-state index is 12.3. The minimum Gasteiger partial charge on any atom is -0.373 e. The Balaban J connectivity index is 1.37. The lowest BCUT2D eigenvalue weighted by molar-refractivity contribution is -0.134. The second-order valence-corrected chi connectivity index (χ2v) is 6.54. The number of rotatable bonds is 7. The van der Waals surface area contributed by atoms with E-state index in [1.54, 1.807) is 18.3 Å². The molecule has 0 unspecified atom stereocenters. The van der Waals surface area contributed by atoms with Crippen LogP contribution < -0.4 is 0 Å². The van der Waals surface area contributed by atoms with Crippen molar-refractivity contribution in [1.29, 1.82) is 0 Å².